The Labute approximate surface area is 107 Å². The first-order valence-electron chi connectivity index (χ1n) is 6.85. The number of benzene rings is 1. The summed E-state index contributed by atoms with van der Waals surface area (Å²) in [6.07, 6.45) is 4.70. The van der Waals surface area contributed by atoms with Crippen LogP contribution in [0, 0.1) is 12.8 Å². The predicted molar refractivity (Wildman–Crippen MR) is 77.4 cm³/mol. The highest BCUT2D eigenvalue weighted by atomic mass is 14.2. The van der Waals surface area contributed by atoms with Crippen LogP contribution in [0.1, 0.15) is 57.6 Å². The second kappa shape index (κ2) is 6.64. The largest absolute Gasteiger partial charge is 0.0882 e. The summed E-state index contributed by atoms with van der Waals surface area (Å²) in [4.78, 5) is 0. The van der Waals surface area contributed by atoms with Gasteiger partial charge >= 0.3 is 0 Å². The lowest BCUT2D eigenvalue weighted by Gasteiger charge is -2.25. The van der Waals surface area contributed by atoms with Crippen LogP contribution in [0.15, 0.2) is 35.9 Å². The van der Waals surface area contributed by atoms with E-state index in [1.165, 1.54) is 24.0 Å². The first kappa shape index (κ1) is 14.0. The van der Waals surface area contributed by atoms with E-state index >= 15 is 0 Å². The van der Waals surface area contributed by atoms with Gasteiger partial charge in [0, 0.05) is 0 Å². The summed E-state index contributed by atoms with van der Waals surface area (Å²) in [6, 6.07) is 9.01. The summed E-state index contributed by atoms with van der Waals surface area (Å²) in [5, 5.41) is 0. The van der Waals surface area contributed by atoms with Gasteiger partial charge in [0.2, 0.25) is 0 Å². The highest BCUT2D eigenvalue weighted by Gasteiger charge is 2.19. The molecule has 0 fully saturated rings. The van der Waals surface area contributed by atoms with E-state index in [4.69, 9.17) is 0 Å². The number of hydrogen-bond acceptors (Lipinski definition) is 0. The van der Waals surface area contributed by atoms with Crippen molar-refractivity contribution >= 4 is 0 Å². The van der Waals surface area contributed by atoms with Crippen LogP contribution in [-0.4, -0.2) is 0 Å². The van der Waals surface area contributed by atoms with Gasteiger partial charge < -0.3 is 0 Å². The Morgan fingerprint density at radius 2 is 1.76 bits per heavy atom. The molecule has 0 heteroatoms. The molecular formula is C17H26. The quantitative estimate of drug-likeness (QED) is 0.587. The molecule has 0 aliphatic carbocycles. The molecule has 0 aliphatic heterocycles. The van der Waals surface area contributed by atoms with Crippen LogP contribution < -0.4 is 0 Å². The third-order valence-corrected chi connectivity index (χ3v) is 3.90. The lowest BCUT2D eigenvalue weighted by molar-refractivity contribution is 0.486. The van der Waals surface area contributed by atoms with E-state index in [1.807, 2.05) is 0 Å². The van der Waals surface area contributed by atoms with Gasteiger partial charge in [0.05, 0.1) is 0 Å². The Kier molecular flexibility index (Phi) is 5.47. The second-order valence-corrected chi connectivity index (χ2v) is 4.93. The third-order valence-electron chi connectivity index (χ3n) is 3.90. The van der Waals surface area contributed by atoms with Gasteiger partial charge in [0.15, 0.2) is 0 Å². The Morgan fingerprint density at radius 1 is 1.18 bits per heavy atom. The zero-order chi connectivity index (χ0) is 12.8. The van der Waals surface area contributed by atoms with Crippen molar-refractivity contribution in [2.75, 3.05) is 0 Å². The lowest BCUT2D eigenvalue weighted by Crippen LogP contribution is -2.12. The molecule has 0 nitrogen and oxygen atoms in total. The van der Waals surface area contributed by atoms with Crippen molar-refractivity contribution in [3.05, 3.63) is 47.0 Å². The Morgan fingerprint density at radius 3 is 2.18 bits per heavy atom. The van der Waals surface area contributed by atoms with E-state index < -0.39 is 0 Å². The van der Waals surface area contributed by atoms with Gasteiger partial charge in [0.1, 0.15) is 0 Å². The minimum atomic E-state index is 0.617. The summed E-state index contributed by atoms with van der Waals surface area (Å²) in [5.41, 5.74) is 4.41. The maximum Gasteiger partial charge on any atom is -0.0125 e. The number of hydrogen-bond donors (Lipinski definition) is 0. The van der Waals surface area contributed by atoms with Gasteiger partial charge in [0.25, 0.3) is 0 Å². The van der Waals surface area contributed by atoms with Crippen LogP contribution in [-0.2, 0) is 0 Å². The molecule has 17 heavy (non-hydrogen) atoms. The van der Waals surface area contributed by atoms with Gasteiger partial charge in [-0.25, -0.2) is 0 Å². The molecule has 0 unspecified atom stereocenters. The van der Waals surface area contributed by atoms with Crippen molar-refractivity contribution in [3.63, 3.8) is 0 Å². The molecule has 1 aromatic carbocycles. The zero-order valence-corrected chi connectivity index (χ0v) is 12.0. The van der Waals surface area contributed by atoms with Crippen molar-refractivity contribution in [1.29, 1.82) is 0 Å². The Bertz CT molecular complexity index is 356. The van der Waals surface area contributed by atoms with E-state index in [0.717, 1.165) is 0 Å². The fourth-order valence-corrected chi connectivity index (χ4v) is 2.72. The average Bonchev–Trinajstić information content (AvgIpc) is 2.36. The monoisotopic (exact) mass is 230 g/mol. The van der Waals surface area contributed by atoms with E-state index in [2.05, 4.69) is 65.0 Å². The van der Waals surface area contributed by atoms with Crippen molar-refractivity contribution in [1.82, 2.24) is 0 Å². The van der Waals surface area contributed by atoms with Crippen LogP contribution >= 0.6 is 0 Å². The van der Waals surface area contributed by atoms with Crippen molar-refractivity contribution in [2.24, 2.45) is 5.92 Å². The fraction of sp³-hybridized carbons (Fsp3) is 0.529. The van der Waals surface area contributed by atoms with Crippen molar-refractivity contribution in [2.45, 2.75) is 53.4 Å². The molecule has 0 radical (unpaired) electrons. The molecule has 0 aromatic heterocycles. The molecule has 1 rings (SSSR count). The van der Waals surface area contributed by atoms with Crippen LogP contribution in [0.25, 0.3) is 0 Å². The molecule has 0 heterocycles. The maximum absolute atomic E-state index is 2.36. The van der Waals surface area contributed by atoms with Crippen LogP contribution in [0.5, 0.6) is 0 Å². The predicted octanol–water partition coefficient (Wildman–Crippen LogP) is 5.48. The molecule has 0 aliphatic rings. The van der Waals surface area contributed by atoms with Gasteiger partial charge in [-0.3, -0.25) is 0 Å². The Balaban J connectivity index is 2.93. The highest BCUT2D eigenvalue weighted by molar-refractivity contribution is 5.26. The highest BCUT2D eigenvalue weighted by Crippen LogP contribution is 2.33. The lowest BCUT2D eigenvalue weighted by atomic mass is 9.79. The van der Waals surface area contributed by atoms with Gasteiger partial charge in [-0.2, -0.15) is 0 Å². The van der Waals surface area contributed by atoms with Gasteiger partial charge in [-0.05, 0) is 44.1 Å². The molecule has 94 valence electrons. The van der Waals surface area contributed by atoms with E-state index in [9.17, 15) is 0 Å². The molecule has 0 saturated carbocycles. The number of rotatable bonds is 5. The second-order valence-electron chi connectivity index (χ2n) is 4.93. The van der Waals surface area contributed by atoms with Crippen LogP contribution in [0.4, 0.5) is 0 Å². The summed E-state index contributed by atoms with van der Waals surface area (Å²) < 4.78 is 0. The minimum Gasteiger partial charge on any atom is -0.0882 e. The van der Waals surface area contributed by atoms with E-state index in [0.29, 0.717) is 11.8 Å². The SMILES string of the molecule is C/C=C(\CC)[C@@H](CC)[C@@H](C)c1ccc(C)cc1. The number of aryl methyl sites for hydroxylation is 1. The first-order valence-corrected chi connectivity index (χ1v) is 6.85. The van der Waals surface area contributed by atoms with E-state index in [1.54, 1.807) is 5.57 Å². The maximum atomic E-state index is 2.36. The molecule has 0 spiro atoms. The van der Waals surface area contributed by atoms with E-state index in [-0.39, 0.29) is 0 Å². The molecule has 2 atom stereocenters. The third kappa shape index (κ3) is 3.46. The topological polar surface area (TPSA) is 0 Å². The standard InChI is InChI=1S/C17H26/c1-6-15(7-2)17(8-3)14(5)16-11-9-13(4)10-12-16/h6,9-12,14,17H,7-8H2,1-5H3/b15-6+/t14-,17-/m0/s1. The summed E-state index contributed by atoms with van der Waals surface area (Å²) in [7, 11) is 0. The number of allylic oxidation sites excluding steroid dienone is 2. The minimum absolute atomic E-state index is 0.617. The molecule has 0 saturated heterocycles. The smallest absolute Gasteiger partial charge is 0.0125 e. The molecule has 1 aromatic rings. The van der Waals surface area contributed by atoms with Crippen LogP contribution in [0.2, 0.25) is 0 Å². The summed E-state index contributed by atoms with van der Waals surface area (Å²) in [5.74, 6) is 1.31. The van der Waals surface area contributed by atoms with Crippen molar-refractivity contribution in [3.8, 4) is 0 Å². The summed E-state index contributed by atoms with van der Waals surface area (Å²) >= 11 is 0. The summed E-state index contributed by atoms with van der Waals surface area (Å²) in [6.45, 7) is 11.2. The zero-order valence-electron chi connectivity index (χ0n) is 12.0. The molecular weight excluding hydrogens is 204 g/mol. The van der Waals surface area contributed by atoms with Crippen molar-refractivity contribution < 1.29 is 0 Å². The first-order chi connectivity index (χ1) is 8.13. The van der Waals surface area contributed by atoms with Gasteiger partial charge in [-0.15, -0.1) is 0 Å². The molecule has 0 bridgehead atoms. The molecule has 0 amide bonds. The fourth-order valence-electron chi connectivity index (χ4n) is 2.72. The molecule has 0 N–H and O–H groups in total. The normalized spacial score (nSPS) is 15.7. The average molecular weight is 230 g/mol. The van der Waals surface area contributed by atoms with Gasteiger partial charge in [-0.1, -0.05) is 62.2 Å². The van der Waals surface area contributed by atoms with Crippen LogP contribution in [0.3, 0.4) is 0 Å². The Hall–Kier alpha value is -1.04.